The molecule has 168 valence electrons. The molecule has 32 heavy (non-hydrogen) atoms. The number of carbonyl (C=O) groups excluding carboxylic acids is 1. The Labute approximate surface area is 188 Å². The van der Waals surface area contributed by atoms with E-state index in [4.69, 9.17) is 4.98 Å². The van der Waals surface area contributed by atoms with Gasteiger partial charge in [0, 0.05) is 11.9 Å². The van der Waals surface area contributed by atoms with Crippen molar-refractivity contribution in [2.45, 2.75) is 57.7 Å². The minimum absolute atomic E-state index is 0.119. The molecule has 7 nitrogen and oxygen atoms in total. The summed E-state index contributed by atoms with van der Waals surface area (Å²) in [5.41, 5.74) is -0.0499. The number of anilines is 1. The standard InChI is InChI=1S/C25H30N4O3/c1-3-25(32,4-2)24(31)27-21-15-9-10-16-29(21)23-17-11-5-7-13-19(17)26-22(28-23)18-12-6-8-14-20(18)30/h5-8,11-14,21,30,32H,3-4,9-10,15-16H2,1-2H3,(H,27,31). The molecule has 1 unspecified atom stereocenters. The highest BCUT2D eigenvalue weighted by atomic mass is 16.3. The average molecular weight is 435 g/mol. The van der Waals surface area contributed by atoms with Crippen LogP contribution in [0.1, 0.15) is 46.0 Å². The van der Waals surface area contributed by atoms with Crippen LogP contribution in [0.15, 0.2) is 48.5 Å². The number of nitrogens with zero attached hydrogens (tertiary/aromatic N) is 3. The Kier molecular flexibility index (Phi) is 6.28. The van der Waals surface area contributed by atoms with Crippen molar-refractivity contribution in [2.75, 3.05) is 11.4 Å². The highest BCUT2D eigenvalue weighted by Crippen LogP contribution is 2.33. The fourth-order valence-corrected chi connectivity index (χ4v) is 4.25. The molecule has 3 N–H and O–H groups in total. The van der Waals surface area contributed by atoms with Gasteiger partial charge in [0.05, 0.1) is 11.1 Å². The van der Waals surface area contributed by atoms with Gasteiger partial charge in [0.1, 0.15) is 23.3 Å². The Hall–Kier alpha value is -3.19. The van der Waals surface area contributed by atoms with Gasteiger partial charge in [0.2, 0.25) is 0 Å². The third-order valence-electron chi connectivity index (χ3n) is 6.39. The summed E-state index contributed by atoms with van der Waals surface area (Å²) in [6, 6.07) is 14.8. The highest BCUT2D eigenvalue weighted by Gasteiger charge is 2.35. The molecule has 3 aromatic rings. The zero-order valence-electron chi connectivity index (χ0n) is 18.6. The highest BCUT2D eigenvalue weighted by molar-refractivity contribution is 5.92. The van der Waals surface area contributed by atoms with Gasteiger partial charge in [-0.25, -0.2) is 9.97 Å². The van der Waals surface area contributed by atoms with E-state index in [2.05, 4.69) is 15.2 Å². The normalized spacial score (nSPS) is 16.8. The number of para-hydroxylation sites is 2. The molecule has 0 spiro atoms. The number of carbonyl (C=O) groups is 1. The largest absolute Gasteiger partial charge is 0.507 e. The minimum Gasteiger partial charge on any atom is -0.507 e. The molecule has 0 radical (unpaired) electrons. The number of benzene rings is 2. The van der Waals surface area contributed by atoms with Crippen molar-refractivity contribution in [3.63, 3.8) is 0 Å². The van der Waals surface area contributed by atoms with Gasteiger partial charge >= 0.3 is 0 Å². The van der Waals surface area contributed by atoms with Crippen LogP contribution in [0, 0.1) is 0 Å². The molecule has 0 bridgehead atoms. The van der Waals surface area contributed by atoms with Gasteiger partial charge in [-0.05, 0) is 56.4 Å². The summed E-state index contributed by atoms with van der Waals surface area (Å²) >= 11 is 0. The molecule has 2 heterocycles. The number of hydrogen-bond acceptors (Lipinski definition) is 6. The third-order valence-corrected chi connectivity index (χ3v) is 6.39. The average Bonchev–Trinajstić information content (AvgIpc) is 2.83. The maximum absolute atomic E-state index is 12.9. The van der Waals surface area contributed by atoms with Crippen molar-refractivity contribution in [1.29, 1.82) is 0 Å². The Balaban J connectivity index is 1.78. The summed E-state index contributed by atoms with van der Waals surface area (Å²) in [7, 11) is 0. The van der Waals surface area contributed by atoms with Crippen molar-refractivity contribution >= 4 is 22.6 Å². The molecule has 4 rings (SSSR count). The van der Waals surface area contributed by atoms with Crippen LogP contribution in [0.2, 0.25) is 0 Å². The van der Waals surface area contributed by atoms with Crippen LogP contribution in [-0.4, -0.2) is 44.4 Å². The van der Waals surface area contributed by atoms with E-state index in [1.165, 1.54) is 0 Å². The number of aliphatic hydroxyl groups is 1. The number of nitrogens with one attached hydrogen (secondary N) is 1. The molecular formula is C25H30N4O3. The molecule has 1 saturated heterocycles. The summed E-state index contributed by atoms with van der Waals surface area (Å²) < 4.78 is 0. The summed E-state index contributed by atoms with van der Waals surface area (Å²) in [5.74, 6) is 0.924. The number of phenols is 1. The number of aromatic hydroxyl groups is 1. The number of piperidine rings is 1. The third kappa shape index (κ3) is 4.12. The maximum Gasteiger partial charge on any atom is 0.253 e. The van der Waals surface area contributed by atoms with Crippen LogP contribution in [0.4, 0.5) is 5.82 Å². The zero-order chi connectivity index (χ0) is 22.7. The van der Waals surface area contributed by atoms with E-state index in [1.54, 1.807) is 18.2 Å². The first-order chi connectivity index (χ1) is 15.5. The van der Waals surface area contributed by atoms with Crippen LogP contribution in [0.5, 0.6) is 5.75 Å². The van der Waals surface area contributed by atoms with Gasteiger partial charge in [-0.2, -0.15) is 0 Å². The topological polar surface area (TPSA) is 98.6 Å². The van der Waals surface area contributed by atoms with Crippen LogP contribution in [-0.2, 0) is 4.79 Å². The lowest BCUT2D eigenvalue weighted by molar-refractivity contribution is -0.141. The van der Waals surface area contributed by atoms with Crippen molar-refractivity contribution in [1.82, 2.24) is 15.3 Å². The predicted molar refractivity (Wildman–Crippen MR) is 125 cm³/mol. The van der Waals surface area contributed by atoms with Crippen molar-refractivity contribution < 1.29 is 15.0 Å². The smallest absolute Gasteiger partial charge is 0.253 e. The van der Waals surface area contributed by atoms with Gasteiger partial charge in [0.15, 0.2) is 5.82 Å². The lowest BCUT2D eigenvalue weighted by Crippen LogP contribution is -2.57. The van der Waals surface area contributed by atoms with E-state index in [-0.39, 0.29) is 17.8 Å². The molecule has 0 aliphatic carbocycles. The second kappa shape index (κ2) is 9.12. The Morgan fingerprint density at radius 1 is 1.09 bits per heavy atom. The molecule has 7 heteroatoms. The predicted octanol–water partition coefficient (Wildman–Crippen LogP) is 3.99. The molecule has 1 amide bonds. The van der Waals surface area contributed by atoms with Crippen molar-refractivity contribution in [3.8, 4) is 17.1 Å². The number of hydrogen-bond donors (Lipinski definition) is 3. The Morgan fingerprint density at radius 3 is 2.56 bits per heavy atom. The SMILES string of the molecule is CCC(O)(CC)C(=O)NC1CCCCN1c1nc(-c2ccccc2O)nc2ccccc12. The molecule has 1 atom stereocenters. The molecule has 1 fully saturated rings. The molecule has 2 aromatic carbocycles. The monoisotopic (exact) mass is 434 g/mol. The molecular weight excluding hydrogens is 404 g/mol. The van der Waals surface area contributed by atoms with Gasteiger partial charge in [0.25, 0.3) is 5.91 Å². The van der Waals surface area contributed by atoms with Crippen LogP contribution >= 0.6 is 0 Å². The number of fused-ring (bicyclic) bond motifs is 1. The number of phenolic OH excluding ortho intramolecular Hbond substituents is 1. The fraction of sp³-hybridized carbons (Fsp3) is 0.400. The Bertz CT molecular complexity index is 1110. The molecule has 1 aromatic heterocycles. The molecule has 0 saturated carbocycles. The van der Waals surface area contributed by atoms with Gasteiger partial charge in [-0.1, -0.05) is 38.1 Å². The summed E-state index contributed by atoms with van der Waals surface area (Å²) in [6.45, 7) is 4.36. The second-order valence-electron chi connectivity index (χ2n) is 8.32. The quantitative estimate of drug-likeness (QED) is 0.543. The van der Waals surface area contributed by atoms with Gasteiger partial charge < -0.3 is 20.4 Å². The lowest BCUT2D eigenvalue weighted by atomic mass is 9.95. The number of rotatable bonds is 6. The Morgan fingerprint density at radius 2 is 1.81 bits per heavy atom. The number of amides is 1. The van der Waals surface area contributed by atoms with Crippen LogP contribution in [0.3, 0.4) is 0 Å². The van der Waals surface area contributed by atoms with Crippen molar-refractivity contribution in [2.24, 2.45) is 0 Å². The van der Waals surface area contributed by atoms with Gasteiger partial charge in [-0.3, -0.25) is 4.79 Å². The summed E-state index contributed by atoms with van der Waals surface area (Å²) in [6.07, 6.45) is 3.15. The van der Waals surface area contributed by atoms with E-state index in [0.29, 0.717) is 24.2 Å². The van der Waals surface area contributed by atoms with E-state index >= 15 is 0 Å². The lowest BCUT2D eigenvalue weighted by Gasteiger charge is -2.39. The molecule has 1 aliphatic heterocycles. The summed E-state index contributed by atoms with van der Waals surface area (Å²) in [5, 5.41) is 25.0. The number of aromatic nitrogens is 2. The zero-order valence-corrected chi connectivity index (χ0v) is 18.6. The van der Waals surface area contributed by atoms with Crippen LogP contribution < -0.4 is 10.2 Å². The molecule has 1 aliphatic rings. The van der Waals surface area contributed by atoms with E-state index in [1.807, 2.05) is 44.2 Å². The second-order valence-corrected chi connectivity index (χ2v) is 8.32. The summed E-state index contributed by atoms with van der Waals surface area (Å²) in [4.78, 5) is 24.6. The van der Waals surface area contributed by atoms with E-state index in [0.717, 1.165) is 42.5 Å². The first-order valence-corrected chi connectivity index (χ1v) is 11.3. The van der Waals surface area contributed by atoms with E-state index < -0.39 is 5.60 Å². The fourth-order valence-electron chi connectivity index (χ4n) is 4.25. The van der Waals surface area contributed by atoms with Crippen molar-refractivity contribution in [3.05, 3.63) is 48.5 Å². The van der Waals surface area contributed by atoms with Crippen LogP contribution in [0.25, 0.3) is 22.3 Å². The van der Waals surface area contributed by atoms with E-state index in [9.17, 15) is 15.0 Å². The maximum atomic E-state index is 12.9. The minimum atomic E-state index is -1.38. The van der Waals surface area contributed by atoms with Gasteiger partial charge in [-0.15, -0.1) is 0 Å². The first kappa shape index (κ1) is 22.0. The first-order valence-electron chi connectivity index (χ1n) is 11.3.